The highest BCUT2D eigenvalue weighted by molar-refractivity contribution is 5.98. The summed E-state index contributed by atoms with van der Waals surface area (Å²) >= 11 is 0. The van der Waals surface area contributed by atoms with Crippen molar-refractivity contribution in [1.29, 1.82) is 0 Å². The van der Waals surface area contributed by atoms with Crippen LogP contribution in [0.25, 0.3) is 11.1 Å². The largest absolute Gasteiger partial charge is 0.496 e. The van der Waals surface area contributed by atoms with Gasteiger partial charge in [-0.25, -0.2) is 9.18 Å². The molecule has 1 saturated heterocycles. The first-order valence-electron chi connectivity index (χ1n) is 8.77. The lowest BCUT2D eigenvalue weighted by Crippen LogP contribution is -2.22. The van der Waals surface area contributed by atoms with Crippen molar-refractivity contribution < 1.29 is 28.1 Å². The number of hydrogen-bond donors (Lipinski definition) is 0. The van der Waals surface area contributed by atoms with Crippen LogP contribution in [0.4, 0.5) is 4.39 Å². The third kappa shape index (κ3) is 4.43. The molecule has 0 spiro atoms. The third-order valence-corrected chi connectivity index (χ3v) is 4.39. The first-order chi connectivity index (χ1) is 13.1. The van der Waals surface area contributed by atoms with Crippen LogP contribution >= 0.6 is 0 Å². The van der Waals surface area contributed by atoms with E-state index in [1.165, 1.54) is 26.5 Å². The van der Waals surface area contributed by atoms with Crippen LogP contribution in [0.1, 0.15) is 35.3 Å². The van der Waals surface area contributed by atoms with Crippen LogP contribution in [0, 0.1) is 5.82 Å². The van der Waals surface area contributed by atoms with E-state index in [1.807, 2.05) is 0 Å². The van der Waals surface area contributed by atoms with E-state index in [0.29, 0.717) is 23.6 Å². The van der Waals surface area contributed by atoms with Crippen LogP contribution in [-0.4, -0.2) is 38.1 Å². The maximum Gasteiger partial charge on any atom is 0.340 e. The van der Waals surface area contributed by atoms with Crippen molar-refractivity contribution in [2.75, 3.05) is 20.8 Å². The van der Waals surface area contributed by atoms with E-state index in [0.717, 1.165) is 19.3 Å². The number of carbonyl (C=O) groups excluding carboxylic acids is 1. The lowest BCUT2D eigenvalue weighted by molar-refractivity contribution is -0.169. The highest BCUT2D eigenvalue weighted by atomic mass is 19.1. The predicted octanol–water partition coefficient (Wildman–Crippen LogP) is 3.73. The van der Waals surface area contributed by atoms with Crippen LogP contribution in [0.2, 0.25) is 0 Å². The highest BCUT2D eigenvalue weighted by Crippen LogP contribution is 2.35. The van der Waals surface area contributed by atoms with Gasteiger partial charge < -0.3 is 18.9 Å². The zero-order chi connectivity index (χ0) is 19.2. The molecule has 3 rings (SSSR count). The van der Waals surface area contributed by atoms with Crippen molar-refractivity contribution in [1.82, 2.24) is 4.98 Å². The zero-order valence-corrected chi connectivity index (χ0v) is 15.4. The minimum atomic E-state index is -0.606. The molecule has 0 amide bonds. The topological polar surface area (TPSA) is 66.9 Å². The molecule has 1 aromatic carbocycles. The Bertz CT molecular complexity index is 805. The molecule has 2 heterocycles. The predicted molar refractivity (Wildman–Crippen MR) is 95.9 cm³/mol. The molecular formula is C20H22FNO5. The first-order valence-corrected chi connectivity index (χ1v) is 8.77. The van der Waals surface area contributed by atoms with E-state index in [1.54, 1.807) is 18.2 Å². The summed E-state index contributed by atoms with van der Waals surface area (Å²) < 4.78 is 36.0. The first kappa shape index (κ1) is 19.3. The molecule has 0 bridgehead atoms. The molecular weight excluding hydrogens is 353 g/mol. The number of benzene rings is 1. The van der Waals surface area contributed by atoms with Crippen LogP contribution in [0.5, 0.6) is 5.75 Å². The Hall–Kier alpha value is -2.51. The molecule has 0 aliphatic carbocycles. The molecule has 0 saturated carbocycles. The molecule has 1 atom stereocenters. The van der Waals surface area contributed by atoms with Crippen molar-refractivity contribution >= 4 is 5.97 Å². The molecule has 2 aromatic rings. The fraction of sp³-hybridized carbons (Fsp3) is 0.400. The number of nitrogens with zero attached hydrogens (tertiary/aromatic N) is 1. The summed E-state index contributed by atoms with van der Waals surface area (Å²) in [7, 11) is 2.71. The SMILES string of the molecule is COC(=O)c1cnc(COC2CCCCO2)cc1-c1c(F)cccc1OC. The molecule has 1 fully saturated rings. The fourth-order valence-electron chi connectivity index (χ4n) is 3.01. The minimum Gasteiger partial charge on any atom is -0.496 e. The summed E-state index contributed by atoms with van der Waals surface area (Å²) in [6.07, 6.45) is 4.01. The number of methoxy groups -OCH3 is 2. The third-order valence-electron chi connectivity index (χ3n) is 4.39. The number of esters is 1. The molecule has 1 aliphatic rings. The molecule has 27 heavy (non-hydrogen) atoms. The fourth-order valence-corrected chi connectivity index (χ4v) is 3.01. The van der Waals surface area contributed by atoms with Gasteiger partial charge in [0.05, 0.1) is 37.6 Å². The highest BCUT2D eigenvalue weighted by Gasteiger charge is 2.22. The summed E-state index contributed by atoms with van der Waals surface area (Å²) in [4.78, 5) is 16.4. The molecule has 1 aliphatic heterocycles. The molecule has 7 heteroatoms. The quantitative estimate of drug-likeness (QED) is 0.717. The van der Waals surface area contributed by atoms with Gasteiger partial charge in [-0.2, -0.15) is 0 Å². The monoisotopic (exact) mass is 375 g/mol. The van der Waals surface area contributed by atoms with Crippen molar-refractivity contribution in [2.45, 2.75) is 32.2 Å². The van der Waals surface area contributed by atoms with Gasteiger partial charge in [0.15, 0.2) is 6.29 Å². The molecule has 0 N–H and O–H groups in total. The van der Waals surface area contributed by atoms with Gasteiger partial charge in [-0.05, 0) is 37.5 Å². The van der Waals surface area contributed by atoms with Crippen LogP contribution in [0.3, 0.4) is 0 Å². The molecule has 1 aromatic heterocycles. The average Bonchev–Trinajstić information content (AvgIpc) is 2.72. The Morgan fingerprint density at radius 3 is 2.89 bits per heavy atom. The summed E-state index contributed by atoms with van der Waals surface area (Å²) in [6, 6.07) is 6.11. The van der Waals surface area contributed by atoms with E-state index >= 15 is 0 Å². The number of rotatable bonds is 6. The summed E-state index contributed by atoms with van der Waals surface area (Å²) in [5.41, 5.74) is 1.23. The zero-order valence-electron chi connectivity index (χ0n) is 15.4. The van der Waals surface area contributed by atoms with Crippen LogP contribution in [0.15, 0.2) is 30.5 Å². The summed E-state index contributed by atoms with van der Waals surface area (Å²) in [5.74, 6) is -0.798. The normalized spacial score (nSPS) is 16.8. The van der Waals surface area contributed by atoms with Crippen LogP contribution < -0.4 is 4.74 Å². The van der Waals surface area contributed by atoms with Crippen molar-refractivity contribution in [3.05, 3.63) is 47.5 Å². The second-order valence-corrected chi connectivity index (χ2v) is 6.14. The Labute approximate surface area is 157 Å². The average molecular weight is 375 g/mol. The van der Waals surface area contributed by atoms with Gasteiger partial charge in [-0.1, -0.05) is 6.07 Å². The molecule has 6 nitrogen and oxygen atoms in total. The second-order valence-electron chi connectivity index (χ2n) is 6.14. The Kier molecular flexibility index (Phi) is 6.36. The van der Waals surface area contributed by atoms with Crippen molar-refractivity contribution in [2.24, 2.45) is 0 Å². The molecule has 1 unspecified atom stereocenters. The lowest BCUT2D eigenvalue weighted by atomic mass is 9.99. The number of pyridine rings is 1. The maximum atomic E-state index is 14.6. The van der Waals surface area contributed by atoms with Gasteiger partial charge in [0.1, 0.15) is 11.6 Å². The van der Waals surface area contributed by atoms with E-state index in [2.05, 4.69) is 4.98 Å². The molecule has 144 valence electrons. The lowest BCUT2D eigenvalue weighted by Gasteiger charge is -2.22. The van der Waals surface area contributed by atoms with Crippen molar-refractivity contribution in [3.63, 3.8) is 0 Å². The van der Waals surface area contributed by atoms with Gasteiger partial charge >= 0.3 is 5.97 Å². The van der Waals surface area contributed by atoms with Crippen molar-refractivity contribution in [3.8, 4) is 16.9 Å². The number of carbonyl (C=O) groups is 1. The van der Waals surface area contributed by atoms with Gasteiger partial charge in [-0.15, -0.1) is 0 Å². The van der Waals surface area contributed by atoms with Gasteiger partial charge in [0.2, 0.25) is 0 Å². The smallest absolute Gasteiger partial charge is 0.340 e. The van der Waals surface area contributed by atoms with Gasteiger partial charge in [0.25, 0.3) is 0 Å². The van der Waals surface area contributed by atoms with E-state index in [-0.39, 0.29) is 24.0 Å². The van der Waals surface area contributed by atoms with Gasteiger partial charge in [0, 0.05) is 18.4 Å². The number of aromatic nitrogens is 1. The van der Waals surface area contributed by atoms with E-state index in [9.17, 15) is 9.18 Å². The summed E-state index contributed by atoms with van der Waals surface area (Å²) in [5, 5.41) is 0. The number of halogens is 1. The number of hydrogen-bond acceptors (Lipinski definition) is 6. The Morgan fingerprint density at radius 1 is 1.33 bits per heavy atom. The Morgan fingerprint density at radius 2 is 2.19 bits per heavy atom. The maximum absolute atomic E-state index is 14.6. The van der Waals surface area contributed by atoms with E-state index in [4.69, 9.17) is 18.9 Å². The second kappa shape index (κ2) is 8.92. The minimum absolute atomic E-state index is 0.151. The number of ether oxygens (including phenoxy) is 4. The van der Waals surface area contributed by atoms with Gasteiger partial charge in [-0.3, -0.25) is 4.98 Å². The summed E-state index contributed by atoms with van der Waals surface area (Å²) in [6.45, 7) is 0.868. The molecule has 0 radical (unpaired) electrons. The van der Waals surface area contributed by atoms with E-state index < -0.39 is 11.8 Å². The Balaban J connectivity index is 1.95. The standard InChI is InChI=1S/C20H22FNO5/c1-24-17-7-5-6-16(21)19(17)14-10-13(22-11-15(14)20(23)25-2)12-27-18-8-3-4-9-26-18/h5-7,10-11,18H,3-4,8-9,12H2,1-2H3. The van der Waals surface area contributed by atoms with Crippen LogP contribution in [-0.2, 0) is 20.8 Å².